The van der Waals surface area contributed by atoms with Crippen molar-refractivity contribution in [1.82, 2.24) is 20.2 Å². The molecule has 3 rings (SSSR count). The van der Waals surface area contributed by atoms with Crippen molar-refractivity contribution in [1.29, 1.82) is 0 Å². The highest BCUT2D eigenvalue weighted by Gasteiger charge is 2.45. The van der Waals surface area contributed by atoms with E-state index in [2.05, 4.69) is 31.2 Å². The van der Waals surface area contributed by atoms with Gasteiger partial charge >= 0.3 is 6.03 Å². The summed E-state index contributed by atoms with van der Waals surface area (Å²) in [6.07, 6.45) is 9.95. The molecular weight excluding hydrogens is 320 g/mol. The maximum absolute atomic E-state index is 12.0. The van der Waals surface area contributed by atoms with Gasteiger partial charge in [-0.3, -0.25) is 0 Å². The average molecular weight is 339 g/mol. The van der Waals surface area contributed by atoms with E-state index in [1.165, 1.54) is 32.1 Å². The Morgan fingerprint density at radius 2 is 1.90 bits per heavy atom. The van der Waals surface area contributed by atoms with Crippen LogP contribution in [0.15, 0.2) is 16.9 Å². The van der Waals surface area contributed by atoms with Crippen molar-refractivity contribution >= 4 is 22.0 Å². The Morgan fingerprint density at radius 1 is 1.25 bits per heavy atom. The molecule has 20 heavy (non-hydrogen) atoms. The molecule has 1 saturated carbocycles. The average Bonchev–Trinajstić information content (AvgIpc) is 2.44. The van der Waals surface area contributed by atoms with Gasteiger partial charge in [0.05, 0.1) is 11.0 Å². The number of nitrogens with one attached hydrogen (secondary N) is 1. The summed E-state index contributed by atoms with van der Waals surface area (Å²) < 4.78 is 0.842. The molecule has 1 spiro atoms. The molecule has 1 aromatic rings. The Balaban J connectivity index is 1.45. The van der Waals surface area contributed by atoms with Crippen molar-refractivity contribution in [2.75, 3.05) is 13.1 Å². The minimum Gasteiger partial charge on any atom is -0.331 e. The highest BCUT2D eigenvalue weighted by molar-refractivity contribution is 9.10. The van der Waals surface area contributed by atoms with Crippen LogP contribution in [0, 0.1) is 5.41 Å². The fourth-order valence-corrected chi connectivity index (χ4v) is 3.43. The van der Waals surface area contributed by atoms with Gasteiger partial charge in [0.25, 0.3) is 0 Å². The summed E-state index contributed by atoms with van der Waals surface area (Å²) in [5, 5.41) is 2.89. The molecule has 0 unspecified atom stereocenters. The van der Waals surface area contributed by atoms with E-state index < -0.39 is 0 Å². The number of halogens is 1. The summed E-state index contributed by atoms with van der Waals surface area (Å²) >= 11 is 3.29. The van der Waals surface area contributed by atoms with Gasteiger partial charge in [-0.05, 0) is 28.8 Å². The predicted octanol–water partition coefficient (Wildman–Crippen LogP) is 2.71. The van der Waals surface area contributed by atoms with Gasteiger partial charge in [-0.15, -0.1) is 0 Å². The van der Waals surface area contributed by atoms with Crippen LogP contribution >= 0.6 is 15.9 Å². The Bertz CT molecular complexity index is 476. The minimum absolute atomic E-state index is 0.00715. The predicted molar refractivity (Wildman–Crippen MR) is 79.1 cm³/mol. The molecule has 2 fully saturated rings. The number of carbonyl (C=O) groups is 1. The van der Waals surface area contributed by atoms with Gasteiger partial charge in [0.2, 0.25) is 0 Å². The fraction of sp³-hybridized carbons (Fsp3) is 0.643. The Hall–Kier alpha value is -1.17. The zero-order valence-corrected chi connectivity index (χ0v) is 13.0. The smallest absolute Gasteiger partial charge is 0.317 e. The molecule has 6 heteroatoms. The quantitative estimate of drug-likeness (QED) is 0.901. The number of nitrogens with zero attached hydrogens (tertiary/aromatic N) is 3. The van der Waals surface area contributed by atoms with E-state index in [1.807, 2.05) is 4.90 Å². The number of rotatable bonds is 2. The third-order valence-electron chi connectivity index (χ3n) is 4.33. The van der Waals surface area contributed by atoms with Crippen LogP contribution in [0.3, 0.4) is 0 Å². The third-order valence-corrected chi connectivity index (χ3v) is 4.74. The Kier molecular flexibility index (Phi) is 3.92. The lowest BCUT2D eigenvalue weighted by atomic mass is 9.69. The monoisotopic (exact) mass is 338 g/mol. The first-order valence-electron chi connectivity index (χ1n) is 7.16. The summed E-state index contributed by atoms with van der Waals surface area (Å²) in [6, 6.07) is 0.00715. The molecule has 1 N–H and O–H groups in total. The zero-order chi connectivity index (χ0) is 14.0. The molecule has 0 aromatic carbocycles. The van der Waals surface area contributed by atoms with Crippen LogP contribution in [0.25, 0.3) is 0 Å². The second-order valence-electron chi connectivity index (χ2n) is 5.89. The van der Waals surface area contributed by atoms with E-state index in [0.717, 1.165) is 17.6 Å². The van der Waals surface area contributed by atoms with Crippen LogP contribution in [0.1, 0.15) is 37.9 Å². The zero-order valence-electron chi connectivity index (χ0n) is 11.4. The molecule has 0 radical (unpaired) electrons. The molecule has 1 aromatic heterocycles. The normalized spacial score (nSPS) is 20.6. The lowest BCUT2D eigenvalue weighted by molar-refractivity contribution is 0.000757. The van der Waals surface area contributed by atoms with Crippen LogP contribution < -0.4 is 5.32 Å². The molecule has 108 valence electrons. The van der Waals surface area contributed by atoms with Gasteiger partial charge in [0.1, 0.15) is 5.82 Å². The number of amides is 2. The van der Waals surface area contributed by atoms with Gasteiger partial charge in [-0.2, -0.15) is 0 Å². The third kappa shape index (κ3) is 2.95. The van der Waals surface area contributed by atoms with Gasteiger partial charge in [0.15, 0.2) is 0 Å². The van der Waals surface area contributed by atoms with E-state index >= 15 is 0 Å². The van der Waals surface area contributed by atoms with Gasteiger partial charge < -0.3 is 10.2 Å². The number of hydrogen-bond donors (Lipinski definition) is 1. The highest BCUT2D eigenvalue weighted by Crippen LogP contribution is 2.43. The second kappa shape index (κ2) is 5.68. The Labute approximate surface area is 127 Å². The molecule has 1 saturated heterocycles. The first kappa shape index (κ1) is 13.8. The van der Waals surface area contributed by atoms with Crippen LogP contribution in [0.2, 0.25) is 0 Å². The Morgan fingerprint density at radius 3 is 2.55 bits per heavy atom. The minimum atomic E-state index is 0.00715. The maximum Gasteiger partial charge on any atom is 0.317 e. The molecule has 1 aliphatic heterocycles. The van der Waals surface area contributed by atoms with E-state index in [-0.39, 0.29) is 6.03 Å². The van der Waals surface area contributed by atoms with Crippen LogP contribution in [0.5, 0.6) is 0 Å². The fourth-order valence-electron chi connectivity index (χ4n) is 3.22. The molecule has 2 heterocycles. The van der Waals surface area contributed by atoms with Crippen LogP contribution in [-0.4, -0.2) is 34.0 Å². The maximum atomic E-state index is 12.0. The van der Waals surface area contributed by atoms with Crippen molar-refractivity contribution < 1.29 is 4.79 Å². The number of urea groups is 1. The van der Waals surface area contributed by atoms with Gasteiger partial charge in [-0.1, -0.05) is 19.3 Å². The number of likely N-dealkylation sites (tertiary alicyclic amines) is 1. The van der Waals surface area contributed by atoms with Crippen molar-refractivity contribution in [3.8, 4) is 0 Å². The van der Waals surface area contributed by atoms with Crippen molar-refractivity contribution in [2.24, 2.45) is 5.41 Å². The molecule has 5 nitrogen and oxygen atoms in total. The molecule has 0 atom stereocenters. The second-order valence-corrected chi connectivity index (χ2v) is 6.81. The first-order valence-corrected chi connectivity index (χ1v) is 7.95. The van der Waals surface area contributed by atoms with Gasteiger partial charge in [0, 0.05) is 30.9 Å². The van der Waals surface area contributed by atoms with Crippen molar-refractivity contribution in [3.63, 3.8) is 0 Å². The molecule has 2 aliphatic rings. The highest BCUT2D eigenvalue weighted by atomic mass is 79.9. The number of hydrogen-bond acceptors (Lipinski definition) is 3. The van der Waals surface area contributed by atoms with Crippen LogP contribution in [0.4, 0.5) is 4.79 Å². The summed E-state index contributed by atoms with van der Waals surface area (Å²) in [6.45, 7) is 2.22. The molecule has 0 bridgehead atoms. The molecule has 1 aliphatic carbocycles. The van der Waals surface area contributed by atoms with Crippen molar-refractivity contribution in [2.45, 2.75) is 38.6 Å². The largest absolute Gasteiger partial charge is 0.331 e. The first-order chi connectivity index (χ1) is 9.67. The molecular formula is C14H19BrN4O. The molecule has 2 amide bonds. The van der Waals surface area contributed by atoms with E-state index in [1.54, 1.807) is 12.4 Å². The summed E-state index contributed by atoms with van der Waals surface area (Å²) in [5.74, 6) is 0.634. The lowest BCUT2D eigenvalue weighted by Crippen LogP contribution is -2.61. The SMILES string of the molecule is O=C(NCc1ncc(Br)cn1)N1CC2(CCCCC2)C1. The van der Waals surface area contributed by atoms with Gasteiger partial charge in [-0.25, -0.2) is 14.8 Å². The number of aromatic nitrogens is 2. The summed E-state index contributed by atoms with van der Waals surface area (Å²) in [7, 11) is 0. The van der Waals surface area contributed by atoms with E-state index in [9.17, 15) is 4.79 Å². The van der Waals surface area contributed by atoms with Crippen molar-refractivity contribution in [3.05, 3.63) is 22.7 Å². The van der Waals surface area contributed by atoms with E-state index in [0.29, 0.717) is 17.8 Å². The summed E-state index contributed by atoms with van der Waals surface area (Å²) in [4.78, 5) is 22.2. The standard InChI is InChI=1S/C14H19BrN4O/c15-11-6-16-12(17-7-11)8-18-13(20)19-9-14(10-19)4-2-1-3-5-14/h6-7H,1-5,8-10H2,(H,18,20). The summed E-state index contributed by atoms with van der Waals surface area (Å²) in [5.41, 5.74) is 0.434. The topological polar surface area (TPSA) is 58.1 Å². The van der Waals surface area contributed by atoms with Crippen LogP contribution in [-0.2, 0) is 6.54 Å². The lowest BCUT2D eigenvalue weighted by Gasteiger charge is -2.52. The van der Waals surface area contributed by atoms with E-state index in [4.69, 9.17) is 0 Å². The number of carbonyl (C=O) groups excluding carboxylic acids is 1.